The van der Waals surface area contributed by atoms with Crippen LogP contribution in [0, 0.1) is 11.8 Å². The zero-order valence-electron chi connectivity index (χ0n) is 21.6. The van der Waals surface area contributed by atoms with E-state index >= 15 is 0 Å². The molecular formula is C30H28N2O6S. The number of fused-ring (bicyclic) bond motifs is 1. The number of carbonyl (C=O) groups excluding carboxylic acids is 2. The van der Waals surface area contributed by atoms with Crippen molar-refractivity contribution in [2.24, 2.45) is 0 Å². The summed E-state index contributed by atoms with van der Waals surface area (Å²) in [6, 6.07) is 20.1. The smallest absolute Gasteiger partial charge is 0.324 e. The van der Waals surface area contributed by atoms with Gasteiger partial charge in [0.15, 0.2) is 0 Å². The fraction of sp³-hybridized carbons (Fsp3) is 0.200. The summed E-state index contributed by atoms with van der Waals surface area (Å²) >= 11 is 0. The van der Waals surface area contributed by atoms with Gasteiger partial charge in [-0.25, -0.2) is 8.42 Å². The van der Waals surface area contributed by atoms with Crippen molar-refractivity contribution in [1.29, 1.82) is 0 Å². The number of H-pyrrole nitrogens is 1. The van der Waals surface area contributed by atoms with E-state index in [-0.39, 0.29) is 17.3 Å². The summed E-state index contributed by atoms with van der Waals surface area (Å²) in [6.45, 7) is 0. The molecule has 1 aromatic heterocycles. The van der Waals surface area contributed by atoms with Crippen LogP contribution in [0.5, 0.6) is 0 Å². The molecule has 0 aliphatic heterocycles. The van der Waals surface area contributed by atoms with Crippen LogP contribution >= 0.6 is 0 Å². The molecule has 0 fully saturated rings. The van der Waals surface area contributed by atoms with E-state index in [0.717, 1.165) is 27.6 Å². The van der Waals surface area contributed by atoms with Crippen LogP contribution in [-0.4, -0.2) is 45.6 Å². The van der Waals surface area contributed by atoms with Crippen molar-refractivity contribution in [3.8, 4) is 11.8 Å². The fourth-order valence-electron chi connectivity index (χ4n) is 4.06. The summed E-state index contributed by atoms with van der Waals surface area (Å²) in [7, 11) is -1.42. The van der Waals surface area contributed by atoms with Gasteiger partial charge in [-0.1, -0.05) is 42.2 Å². The molecule has 39 heavy (non-hydrogen) atoms. The summed E-state index contributed by atoms with van der Waals surface area (Å²) in [5.41, 5.74) is 4.11. The van der Waals surface area contributed by atoms with Crippen LogP contribution in [0.3, 0.4) is 0 Å². The summed E-state index contributed by atoms with van der Waals surface area (Å²) in [6.07, 6.45) is 2.79. The van der Waals surface area contributed by atoms with Gasteiger partial charge in [0.25, 0.3) is 0 Å². The molecule has 0 spiro atoms. The van der Waals surface area contributed by atoms with Crippen LogP contribution < -0.4 is 4.72 Å². The lowest BCUT2D eigenvalue weighted by atomic mass is 10.1. The normalized spacial score (nSPS) is 11.8. The number of rotatable bonds is 9. The van der Waals surface area contributed by atoms with Crippen LogP contribution in [0.2, 0.25) is 0 Å². The van der Waals surface area contributed by atoms with Crippen LogP contribution in [0.25, 0.3) is 10.9 Å². The average Bonchev–Trinajstić information content (AvgIpc) is 3.37. The Labute approximate surface area is 227 Å². The molecule has 4 rings (SSSR count). The minimum absolute atomic E-state index is 0.0100. The molecule has 0 unspecified atom stereocenters. The van der Waals surface area contributed by atoms with Gasteiger partial charge < -0.3 is 14.5 Å². The van der Waals surface area contributed by atoms with Crippen LogP contribution in [0.15, 0.2) is 83.9 Å². The molecule has 0 aliphatic carbocycles. The highest BCUT2D eigenvalue weighted by molar-refractivity contribution is 7.89. The Morgan fingerprint density at radius 2 is 1.54 bits per heavy atom. The van der Waals surface area contributed by atoms with E-state index in [1.165, 1.54) is 26.4 Å². The molecule has 3 aromatic carbocycles. The van der Waals surface area contributed by atoms with E-state index in [2.05, 4.69) is 26.3 Å². The maximum Gasteiger partial charge on any atom is 0.324 e. The summed E-state index contributed by atoms with van der Waals surface area (Å²) in [4.78, 5) is 26.9. The standard InChI is InChI=1S/C30H28N2O6S/c1-37-29(33)18-15-22-10-7-21(8-11-22)9-12-23-13-16-25(17-14-23)39(35,36)32-28(30(34)38-2)19-24-20-31-27-6-4-3-5-26(24)27/h3-8,10-11,13-14,16-17,20,28,31-32H,15,18-19H2,1-2H3/t28-/m1/s1. The molecule has 1 heterocycles. The Bertz CT molecular complexity index is 1630. The number of carbonyl (C=O) groups is 2. The second-order valence-corrected chi connectivity index (χ2v) is 10.5. The second kappa shape index (κ2) is 12.4. The first kappa shape index (κ1) is 27.6. The molecule has 0 saturated carbocycles. The quantitative estimate of drug-likeness (QED) is 0.245. The predicted octanol–water partition coefficient (Wildman–Crippen LogP) is 3.74. The van der Waals surface area contributed by atoms with Crippen molar-refractivity contribution in [3.05, 3.63) is 101 Å². The number of aryl methyl sites for hydroxylation is 1. The van der Waals surface area contributed by atoms with Crippen LogP contribution in [0.4, 0.5) is 0 Å². The minimum atomic E-state index is -4.02. The SMILES string of the molecule is COC(=O)CCc1ccc(C#Cc2ccc(S(=O)(=O)N[C@H](Cc3c[nH]c4ccccc34)C(=O)OC)cc2)cc1. The number of sulfonamides is 1. The van der Waals surface area contributed by atoms with E-state index in [0.29, 0.717) is 18.4 Å². The highest BCUT2D eigenvalue weighted by atomic mass is 32.2. The molecule has 0 amide bonds. The topological polar surface area (TPSA) is 115 Å². The zero-order chi connectivity index (χ0) is 27.8. The number of nitrogens with one attached hydrogen (secondary N) is 2. The van der Waals surface area contributed by atoms with E-state index in [1.807, 2.05) is 48.5 Å². The van der Waals surface area contributed by atoms with Gasteiger partial charge in [-0.15, -0.1) is 0 Å². The summed E-state index contributed by atoms with van der Waals surface area (Å²) < 4.78 is 38.2. The lowest BCUT2D eigenvalue weighted by molar-refractivity contribution is -0.142. The highest BCUT2D eigenvalue weighted by Gasteiger charge is 2.27. The van der Waals surface area contributed by atoms with Crippen LogP contribution in [-0.2, 0) is 41.9 Å². The van der Waals surface area contributed by atoms with Crippen molar-refractivity contribution in [2.45, 2.75) is 30.2 Å². The number of methoxy groups -OCH3 is 2. The molecule has 200 valence electrons. The van der Waals surface area contributed by atoms with Crippen molar-refractivity contribution >= 4 is 32.9 Å². The van der Waals surface area contributed by atoms with Gasteiger partial charge in [-0.3, -0.25) is 9.59 Å². The largest absolute Gasteiger partial charge is 0.469 e. The van der Waals surface area contributed by atoms with Gasteiger partial charge >= 0.3 is 11.9 Å². The number of aromatic amines is 1. The number of aromatic nitrogens is 1. The van der Waals surface area contributed by atoms with Crippen molar-refractivity contribution in [1.82, 2.24) is 9.71 Å². The highest BCUT2D eigenvalue weighted by Crippen LogP contribution is 2.20. The fourth-order valence-corrected chi connectivity index (χ4v) is 5.24. The first-order chi connectivity index (χ1) is 18.8. The third-order valence-electron chi connectivity index (χ3n) is 6.20. The number of hydrogen-bond donors (Lipinski definition) is 2. The predicted molar refractivity (Wildman–Crippen MR) is 147 cm³/mol. The van der Waals surface area contributed by atoms with Gasteiger partial charge in [0.1, 0.15) is 6.04 Å². The van der Waals surface area contributed by atoms with Crippen LogP contribution in [0.1, 0.15) is 28.7 Å². The molecule has 2 N–H and O–H groups in total. The van der Waals surface area contributed by atoms with Crippen molar-refractivity contribution in [3.63, 3.8) is 0 Å². The first-order valence-corrected chi connectivity index (χ1v) is 13.7. The molecular weight excluding hydrogens is 516 g/mol. The lowest BCUT2D eigenvalue weighted by Gasteiger charge is -2.16. The molecule has 4 aromatic rings. The molecule has 8 nitrogen and oxygen atoms in total. The number of ether oxygens (including phenoxy) is 2. The van der Waals surface area contributed by atoms with Crippen molar-refractivity contribution in [2.75, 3.05) is 14.2 Å². The third kappa shape index (κ3) is 7.13. The Morgan fingerprint density at radius 1 is 0.897 bits per heavy atom. The summed E-state index contributed by atoms with van der Waals surface area (Å²) in [5, 5.41) is 0.907. The zero-order valence-corrected chi connectivity index (χ0v) is 22.4. The molecule has 0 aliphatic rings. The third-order valence-corrected chi connectivity index (χ3v) is 7.68. The molecule has 9 heteroatoms. The van der Waals surface area contributed by atoms with Gasteiger partial charge in [0.2, 0.25) is 10.0 Å². The van der Waals surface area contributed by atoms with Gasteiger partial charge in [-0.2, -0.15) is 4.72 Å². The van der Waals surface area contributed by atoms with Gasteiger partial charge in [-0.05, 0) is 60.0 Å². The van der Waals surface area contributed by atoms with E-state index in [9.17, 15) is 18.0 Å². The number of esters is 2. The Morgan fingerprint density at radius 3 is 2.18 bits per heavy atom. The Hall–Kier alpha value is -4.39. The average molecular weight is 545 g/mol. The maximum absolute atomic E-state index is 13.1. The Kier molecular flexibility index (Phi) is 8.81. The maximum atomic E-state index is 13.1. The molecule has 1 atom stereocenters. The van der Waals surface area contributed by atoms with E-state index in [4.69, 9.17) is 4.74 Å². The van der Waals surface area contributed by atoms with Gasteiger partial charge in [0, 0.05) is 41.1 Å². The van der Waals surface area contributed by atoms with E-state index in [1.54, 1.807) is 18.3 Å². The summed E-state index contributed by atoms with van der Waals surface area (Å²) in [5.74, 6) is 5.13. The number of hydrogen-bond acceptors (Lipinski definition) is 6. The second-order valence-electron chi connectivity index (χ2n) is 8.81. The number of benzene rings is 3. The lowest BCUT2D eigenvalue weighted by Crippen LogP contribution is -2.42. The van der Waals surface area contributed by atoms with Crippen molar-refractivity contribution < 1.29 is 27.5 Å². The molecule has 0 bridgehead atoms. The van der Waals surface area contributed by atoms with Gasteiger partial charge in [0.05, 0.1) is 19.1 Å². The molecule has 0 saturated heterocycles. The van der Waals surface area contributed by atoms with E-state index < -0.39 is 22.0 Å². The monoisotopic (exact) mass is 544 g/mol. The Balaban J connectivity index is 1.44. The molecule has 0 radical (unpaired) electrons. The minimum Gasteiger partial charge on any atom is -0.469 e. The number of para-hydroxylation sites is 1. The first-order valence-electron chi connectivity index (χ1n) is 12.2.